The fourth-order valence-electron chi connectivity index (χ4n) is 1.84. The Morgan fingerprint density at radius 3 is 2.44 bits per heavy atom. The molecule has 5 heteroatoms. The van der Waals surface area contributed by atoms with Crippen LogP contribution >= 0.6 is 0 Å². The SMILES string of the molecule is CCOC(=O)c1nc(CC)n(C(C)C(C)C)c1N. The Kier molecular flexibility index (Phi) is 4.76. The van der Waals surface area contributed by atoms with Gasteiger partial charge in [0.25, 0.3) is 0 Å². The smallest absolute Gasteiger partial charge is 0.360 e. The second-order valence-electron chi connectivity index (χ2n) is 4.69. The predicted molar refractivity (Wildman–Crippen MR) is 71.5 cm³/mol. The van der Waals surface area contributed by atoms with E-state index in [1.807, 2.05) is 11.5 Å². The van der Waals surface area contributed by atoms with Gasteiger partial charge in [0.15, 0.2) is 5.69 Å². The third-order valence-corrected chi connectivity index (χ3v) is 3.18. The zero-order valence-corrected chi connectivity index (χ0v) is 11.9. The van der Waals surface area contributed by atoms with Crippen molar-refractivity contribution in [2.75, 3.05) is 12.3 Å². The number of esters is 1. The summed E-state index contributed by atoms with van der Waals surface area (Å²) in [6.45, 7) is 10.4. The van der Waals surface area contributed by atoms with Crippen LogP contribution in [0.2, 0.25) is 0 Å². The lowest BCUT2D eigenvalue weighted by Gasteiger charge is -2.21. The maximum atomic E-state index is 11.8. The number of nitrogens with zero attached hydrogens (tertiary/aromatic N) is 2. The second-order valence-corrected chi connectivity index (χ2v) is 4.69. The fraction of sp³-hybridized carbons (Fsp3) is 0.692. The molecule has 1 heterocycles. The number of carbonyl (C=O) groups excluding carboxylic acids is 1. The van der Waals surface area contributed by atoms with Gasteiger partial charge in [0.1, 0.15) is 11.6 Å². The van der Waals surface area contributed by atoms with Gasteiger partial charge in [0.05, 0.1) is 6.61 Å². The standard InChI is InChI=1S/C13H23N3O2/c1-6-10-15-11(13(17)18-7-2)12(14)16(10)9(5)8(3)4/h8-9H,6-7,14H2,1-5H3. The number of anilines is 1. The molecule has 102 valence electrons. The summed E-state index contributed by atoms with van der Waals surface area (Å²) in [5.41, 5.74) is 6.29. The van der Waals surface area contributed by atoms with Crippen molar-refractivity contribution in [2.24, 2.45) is 5.92 Å². The van der Waals surface area contributed by atoms with Gasteiger partial charge in [-0.15, -0.1) is 0 Å². The monoisotopic (exact) mass is 253 g/mol. The van der Waals surface area contributed by atoms with Crippen LogP contribution in [0.5, 0.6) is 0 Å². The van der Waals surface area contributed by atoms with Crippen molar-refractivity contribution in [3.63, 3.8) is 0 Å². The van der Waals surface area contributed by atoms with Gasteiger partial charge in [-0.3, -0.25) is 0 Å². The lowest BCUT2D eigenvalue weighted by atomic mass is 10.1. The molecule has 0 bridgehead atoms. The van der Waals surface area contributed by atoms with E-state index in [2.05, 4.69) is 25.8 Å². The quantitative estimate of drug-likeness (QED) is 0.818. The Morgan fingerprint density at radius 2 is 2.00 bits per heavy atom. The number of hydrogen-bond donors (Lipinski definition) is 1. The summed E-state index contributed by atoms with van der Waals surface area (Å²) in [7, 11) is 0. The van der Waals surface area contributed by atoms with Crippen LogP contribution in [0, 0.1) is 5.92 Å². The molecule has 1 unspecified atom stereocenters. The number of carbonyl (C=O) groups is 1. The fourth-order valence-corrected chi connectivity index (χ4v) is 1.84. The van der Waals surface area contributed by atoms with Crippen molar-refractivity contribution in [2.45, 2.75) is 47.1 Å². The van der Waals surface area contributed by atoms with E-state index in [4.69, 9.17) is 10.5 Å². The van der Waals surface area contributed by atoms with Crippen molar-refractivity contribution in [1.29, 1.82) is 0 Å². The molecule has 0 spiro atoms. The molecule has 1 rings (SSSR count). The summed E-state index contributed by atoms with van der Waals surface area (Å²) in [6, 6.07) is 0.204. The van der Waals surface area contributed by atoms with Gasteiger partial charge in [-0.25, -0.2) is 9.78 Å². The molecule has 0 saturated carbocycles. The van der Waals surface area contributed by atoms with E-state index >= 15 is 0 Å². The van der Waals surface area contributed by atoms with Crippen LogP contribution in [0.3, 0.4) is 0 Å². The molecule has 0 aromatic carbocycles. The Morgan fingerprint density at radius 1 is 1.39 bits per heavy atom. The summed E-state index contributed by atoms with van der Waals surface area (Å²) in [5, 5.41) is 0. The maximum absolute atomic E-state index is 11.8. The van der Waals surface area contributed by atoms with Gasteiger partial charge in [-0.05, 0) is 19.8 Å². The van der Waals surface area contributed by atoms with Gasteiger partial charge >= 0.3 is 5.97 Å². The number of hydrogen-bond acceptors (Lipinski definition) is 4. The van der Waals surface area contributed by atoms with E-state index in [0.29, 0.717) is 18.3 Å². The molecule has 1 aromatic heterocycles. The average molecular weight is 253 g/mol. The lowest BCUT2D eigenvalue weighted by Crippen LogP contribution is -2.17. The molecular formula is C13H23N3O2. The molecule has 2 N–H and O–H groups in total. The molecule has 0 aliphatic heterocycles. The highest BCUT2D eigenvalue weighted by Crippen LogP contribution is 2.26. The van der Waals surface area contributed by atoms with Crippen LogP contribution in [0.25, 0.3) is 0 Å². The summed E-state index contributed by atoms with van der Waals surface area (Å²) in [6.07, 6.45) is 0.737. The number of nitrogens with two attached hydrogens (primary N) is 1. The molecule has 0 saturated heterocycles. The minimum Gasteiger partial charge on any atom is -0.461 e. The number of aromatic nitrogens is 2. The predicted octanol–water partition coefficient (Wildman–Crippen LogP) is 2.42. The van der Waals surface area contributed by atoms with Gasteiger partial charge in [0.2, 0.25) is 0 Å². The van der Waals surface area contributed by atoms with Crippen LogP contribution in [0.15, 0.2) is 0 Å². The second kappa shape index (κ2) is 5.89. The van der Waals surface area contributed by atoms with E-state index in [0.717, 1.165) is 12.2 Å². The number of imidazole rings is 1. The third kappa shape index (κ3) is 2.66. The topological polar surface area (TPSA) is 70.1 Å². The van der Waals surface area contributed by atoms with E-state index in [1.54, 1.807) is 6.92 Å². The van der Waals surface area contributed by atoms with Crippen molar-refractivity contribution >= 4 is 11.8 Å². The Labute approximate surface area is 108 Å². The molecule has 0 radical (unpaired) electrons. The van der Waals surface area contributed by atoms with Gasteiger partial charge < -0.3 is 15.0 Å². The summed E-state index contributed by atoms with van der Waals surface area (Å²) in [5.74, 6) is 1.21. The number of aryl methyl sites for hydroxylation is 1. The van der Waals surface area contributed by atoms with Gasteiger partial charge in [-0.2, -0.15) is 0 Å². The average Bonchev–Trinajstić information content (AvgIpc) is 2.65. The molecule has 0 aliphatic carbocycles. The number of rotatable bonds is 5. The zero-order valence-electron chi connectivity index (χ0n) is 11.9. The molecular weight excluding hydrogens is 230 g/mol. The van der Waals surface area contributed by atoms with Crippen molar-refractivity contribution in [1.82, 2.24) is 9.55 Å². The molecule has 0 fully saturated rings. The first-order chi connectivity index (χ1) is 8.43. The van der Waals surface area contributed by atoms with E-state index < -0.39 is 5.97 Å². The first-order valence-electron chi connectivity index (χ1n) is 6.47. The van der Waals surface area contributed by atoms with Crippen molar-refractivity contribution < 1.29 is 9.53 Å². The summed E-state index contributed by atoms with van der Waals surface area (Å²) >= 11 is 0. The summed E-state index contributed by atoms with van der Waals surface area (Å²) in [4.78, 5) is 16.1. The van der Waals surface area contributed by atoms with Crippen molar-refractivity contribution in [3.8, 4) is 0 Å². The normalized spacial score (nSPS) is 12.8. The molecule has 5 nitrogen and oxygen atoms in total. The third-order valence-electron chi connectivity index (χ3n) is 3.18. The Balaban J connectivity index is 3.22. The number of ether oxygens (including phenoxy) is 1. The van der Waals surface area contributed by atoms with E-state index in [-0.39, 0.29) is 11.7 Å². The van der Waals surface area contributed by atoms with Crippen LogP contribution in [-0.4, -0.2) is 22.1 Å². The Hall–Kier alpha value is -1.52. The van der Waals surface area contributed by atoms with Crippen LogP contribution < -0.4 is 5.73 Å². The maximum Gasteiger partial charge on any atom is 0.360 e. The highest BCUT2D eigenvalue weighted by molar-refractivity contribution is 5.92. The molecule has 18 heavy (non-hydrogen) atoms. The first kappa shape index (κ1) is 14.5. The van der Waals surface area contributed by atoms with Gasteiger partial charge in [0, 0.05) is 12.5 Å². The Bertz CT molecular complexity index is 424. The molecule has 0 amide bonds. The minimum atomic E-state index is -0.445. The molecule has 0 aliphatic rings. The largest absolute Gasteiger partial charge is 0.461 e. The lowest BCUT2D eigenvalue weighted by molar-refractivity contribution is 0.0521. The van der Waals surface area contributed by atoms with Crippen LogP contribution in [-0.2, 0) is 11.2 Å². The van der Waals surface area contributed by atoms with Gasteiger partial charge in [-0.1, -0.05) is 20.8 Å². The summed E-state index contributed by atoms with van der Waals surface area (Å²) < 4.78 is 6.91. The first-order valence-corrected chi connectivity index (χ1v) is 6.47. The molecule has 1 aromatic rings. The minimum absolute atomic E-state index is 0.204. The van der Waals surface area contributed by atoms with Crippen LogP contribution in [0.1, 0.15) is 57.0 Å². The van der Waals surface area contributed by atoms with E-state index in [9.17, 15) is 4.79 Å². The zero-order chi connectivity index (χ0) is 13.9. The highest BCUT2D eigenvalue weighted by Gasteiger charge is 2.24. The molecule has 1 atom stereocenters. The number of nitrogen functional groups attached to an aromatic ring is 1. The van der Waals surface area contributed by atoms with Crippen molar-refractivity contribution in [3.05, 3.63) is 11.5 Å². The van der Waals surface area contributed by atoms with E-state index in [1.165, 1.54) is 0 Å². The van der Waals surface area contributed by atoms with Crippen LogP contribution in [0.4, 0.5) is 5.82 Å². The highest BCUT2D eigenvalue weighted by atomic mass is 16.5.